The zero-order valence-corrected chi connectivity index (χ0v) is 8.99. The van der Waals surface area contributed by atoms with E-state index in [0.29, 0.717) is 6.41 Å². The fraction of sp³-hybridized carbons (Fsp3) is 0.714. The summed E-state index contributed by atoms with van der Waals surface area (Å²) in [5.41, 5.74) is 0. The highest BCUT2D eigenvalue weighted by atomic mass is 31.2. The molecule has 0 aliphatic heterocycles. The normalized spacial score (nSPS) is 12.9. The summed E-state index contributed by atoms with van der Waals surface area (Å²) in [6.45, 7) is 3.55. The van der Waals surface area contributed by atoms with Crippen molar-refractivity contribution in [3.8, 4) is 6.07 Å². The molecule has 80 valence electrons. The highest BCUT2D eigenvalue weighted by Gasteiger charge is 2.35. The molecule has 14 heavy (non-hydrogen) atoms. The van der Waals surface area contributed by atoms with E-state index in [1.54, 1.807) is 19.9 Å². The Kier molecular flexibility index (Phi) is 6.13. The van der Waals surface area contributed by atoms with E-state index in [0.717, 1.165) is 0 Å². The SMILES string of the molecule is CCOP(=O)(OCC)C(C#N)NC=O. The van der Waals surface area contributed by atoms with E-state index in [1.807, 2.05) is 0 Å². The molecule has 0 saturated heterocycles. The molecule has 0 saturated carbocycles. The lowest BCUT2D eigenvalue weighted by Crippen LogP contribution is -2.28. The first kappa shape index (κ1) is 13.1. The number of carbonyl (C=O) groups excluding carboxylic acids is 1. The van der Waals surface area contributed by atoms with Crippen molar-refractivity contribution < 1.29 is 18.4 Å². The molecule has 0 aromatic heterocycles. The van der Waals surface area contributed by atoms with Crippen molar-refractivity contribution in [2.45, 2.75) is 19.6 Å². The van der Waals surface area contributed by atoms with Crippen LogP contribution in [0.25, 0.3) is 0 Å². The molecule has 0 heterocycles. The van der Waals surface area contributed by atoms with Crippen LogP contribution in [0.3, 0.4) is 0 Å². The summed E-state index contributed by atoms with van der Waals surface area (Å²) in [6.07, 6.45) is 0.290. The Morgan fingerprint density at radius 3 is 2.29 bits per heavy atom. The Balaban J connectivity index is 4.68. The third kappa shape index (κ3) is 3.46. The quantitative estimate of drug-likeness (QED) is 0.507. The first-order chi connectivity index (χ1) is 6.64. The van der Waals surface area contributed by atoms with Crippen LogP contribution in [-0.4, -0.2) is 25.4 Å². The largest absolute Gasteiger partial charge is 0.367 e. The fourth-order valence-corrected chi connectivity index (χ4v) is 2.29. The number of amides is 1. The van der Waals surface area contributed by atoms with Crippen LogP contribution in [-0.2, 0) is 18.4 Å². The number of nitrogens with one attached hydrogen (secondary N) is 1. The molecule has 0 aliphatic rings. The minimum Gasteiger partial charge on any atom is -0.333 e. The maximum Gasteiger partial charge on any atom is 0.367 e. The van der Waals surface area contributed by atoms with Crippen molar-refractivity contribution in [1.29, 1.82) is 5.26 Å². The molecule has 0 fully saturated rings. The molecule has 1 N–H and O–H groups in total. The van der Waals surface area contributed by atoms with Crippen LogP contribution in [0.5, 0.6) is 0 Å². The van der Waals surface area contributed by atoms with Crippen LogP contribution >= 0.6 is 7.60 Å². The summed E-state index contributed by atoms with van der Waals surface area (Å²) < 4.78 is 21.6. The highest BCUT2D eigenvalue weighted by molar-refractivity contribution is 7.54. The second kappa shape index (κ2) is 6.55. The minimum absolute atomic E-state index is 0.149. The lowest BCUT2D eigenvalue weighted by molar-refractivity contribution is -0.109. The van der Waals surface area contributed by atoms with E-state index < -0.39 is 13.4 Å². The second-order valence-electron chi connectivity index (χ2n) is 2.19. The summed E-state index contributed by atoms with van der Waals surface area (Å²) >= 11 is 0. The molecule has 0 rings (SSSR count). The van der Waals surface area contributed by atoms with Gasteiger partial charge in [0.05, 0.1) is 13.2 Å². The van der Waals surface area contributed by atoms with Crippen LogP contribution in [0.4, 0.5) is 0 Å². The van der Waals surface area contributed by atoms with E-state index in [9.17, 15) is 9.36 Å². The van der Waals surface area contributed by atoms with Gasteiger partial charge in [0, 0.05) is 0 Å². The van der Waals surface area contributed by atoms with Crippen LogP contribution in [0.1, 0.15) is 13.8 Å². The molecular weight excluding hydrogens is 207 g/mol. The van der Waals surface area contributed by atoms with Crippen molar-refractivity contribution in [1.82, 2.24) is 5.32 Å². The van der Waals surface area contributed by atoms with Gasteiger partial charge in [-0.3, -0.25) is 9.36 Å². The highest BCUT2D eigenvalue weighted by Crippen LogP contribution is 2.51. The topological polar surface area (TPSA) is 88.4 Å². The van der Waals surface area contributed by atoms with E-state index in [4.69, 9.17) is 14.3 Å². The van der Waals surface area contributed by atoms with Crippen molar-refractivity contribution in [3.63, 3.8) is 0 Å². The maximum atomic E-state index is 11.8. The first-order valence-electron chi connectivity index (χ1n) is 4.12. The summed E-state index contributed by atoms with van der Waals surface area (Å²) in [5, 5.41) is 10.7. The standard InChI is InChI=1S/C7H13N2O4P/c1-3-12-14(11,13-4-2)7(5-8)9-6-10/h6-7H,3-4H2,1-2H3,(H,9,10). The third-order valence-electron chi connectivity index (χ3n) is 1.28. The molecular formula is C7H13N2O4P. The molecule has 7 heteroatoms. The van der Waals surface area contributed by atoms with Gasteiger partial charge >= 0.3 is 7.60 Å². The van der Waals surface area contributed by atoms with Gasteiger partial charge in [-0.1, -0.05) is 0 Å². The van der Waals surface area contributed by atoms with E-state index >= 15 is 0 Å². The van der Waals surface area contributed by atoms with Gasteiger partial charge in [0.2, 0.25) is 12.2 Å². The zero-order valence-electron chi connectivity index (χ0n) is 8.10. The molecule has 1 unspecified atom stereocenters. The van der Waals surface area contributed by atoms with Gasteiger partial charge in [-0.25, -0.2) is 0 Å². The number of nitrogens with zero attached hydrogens (tertiary/aromatic N) is 1. The summed E-state index contributed by atoms with van der Waals surface area (Å²) in [5.74, 6) is -1.25. The van der Waals surface area contributed by atoms with Crippen molar-refractivity contribution in [2.75, 3.05) is 13.2 Å². The fourth-order valence-electron chi connectivity index (χ4n) is 0.810. The number of rotatable bonds is 7. The van der Waals surface area contributed by atoms with E-state index in [2.05, 4.69) is 5.32 Å². The Morgan fingerprint density at radius 2 is 2.00 bits per heavy atom. The molecule has 0 aliphatic carbocycles. The third-order valence-corrected chi connectivity index (χ3v) is 3.42. The average molecular weight is 220 g/mol. The number of nitriles is 1. The van der Waals surface area contributed by atoms with Crippen LogP contribution in [0, 0.1) is 11.3 Å². The Morgan fingerprint density at radius 1 is 1.50 bits per heavy atom. The molecule has 1 amide bonds. The van der Waals surface area contributed by atoms with Gasteiger partial charge in [-0.2, -0.15) is 5.26 Å². The van der Waals surface area contributed by atoms with Crippen LogP contribution < -0.4 is 5.32 Å². The molecule has 1 atom stereocenters. The monoisotopic (exact) mass is 220 g/mol. The average Bonchev–Trinajstić information content (AvgIpc) is 2.14. The first-order valence-corrected chi connectivity index (χ1v) is 5.73. The molecule has 0 spiro atoms. The maximum absolute atomic E-state index is 11.8. The van der Waals surface area contributed by atoms with E-state index in [-0.39, 0.29) is 13.2 Å². The van der Waals surface area contributed by atoms with Gasteiger partial charge in [0.25, 0.3) is 0 Å². The Labute approximate surface area is 82.7 Å². The van der Waals surface area contributed by atoms with Crippen LogP contribution in [0.2, 0.25) is 0 Å². The molecule has 0 aromatic carbocycles. The molecule has 0 radical (unpaired) electrons. The van der Waals surface area contributed by atoms with E-state index in [1.165, 1.54) is 0 Å². The molecule has 0 aromatic rings. The zero-order chi connectivity index (χ0) is 11.0. The molecule has 0 bridgehead atoms. The summed E-state index contributed by atoms with van der Waals surface area (Å²) in [7, 11) is -3.55. The summed E-state index contributed by atoms with van der Waals surface area (Å²) in [4.78, 5) is 10.1. The smallest absolute Gasteiger partial charge is 0.333 e. The number of hydrogen-bond acceptors (Lipinski definition) is 5. The summed E-state index contributed by atoms with van der Waals surface area (Å²) in [6, 6.07) is 1.66. The van der Waals surface area contributed by atoms with Crippen molar-refractivity contribution in [3.05, 3.63) is 0 Å². The van der Waals surface area contributed by atoms with Gasteiger partial charge in [0.1, 0.15) is 6.07 Å². The van der Waals surface area contributed by atoms with Crippen LogP contribution in [0.15, 0.2) is 0 Å². The second-order valence-corrected chi connectivity index (χ2v) is 4.30. The number of carbonyl (C=O) groups is 1. The number of hydrogen-bond donors (Lipinski definition) is 1. The Bertz CT molecular complexity index is 253. The van der Waals surface area contributed by atoms with Crippen molar-refractivity contribution in [2.24, 2.45) is 0 Å². The van der Waals surface area contributed by atoms with Gasteiger partial charge < -0.3 is 14.4 Å². The van der Waals surface area contributed by atoms with Gasteiger partial charge in [-0.05, 0) is 13.8 Å². The van der Waals surface area contributed by atoms with Gasteiger partial charge in [-0.15, -0.1) is 0 Å². The predicted octanol–water partition coefficient (Wildman–Crippen LogP) is 0.848. The van der Waals surface area contributed by atoms with Crippen molar-refractivity contribution >= 4 is 14.0 Å². The predicted molar refractivity (Wildman–Crippen MR) is 49.5 cm³/mol. The lowest BCUT2D eigenvalue weighted by Gasteiger charge is -2.20. The molecule has 6 nitrogen and oxygen atoms in total. The minimum atomic E-state index is -3.55. The Hall–Kier alpha value is -0.890. The van der Waals surface area contributed by atoms with Gasteiger partial charge in [0.15, 0.2) is 0 Å². The lowest BCUT2D eigenvalue weighted by atomic mass is 10.7.